The van der Waals surface area contributed by atoms with Gasteiger partial charge in [0, 0.05) is 12.1 Å². The van der Waals surface area contributed by atoms with Gasteiger partial charge in [-0.1, -0.05) is 18.2 Å². The number of hydrogen-bond acceptors (Lipinski definition) is 3. The number of H-pyrrole nitrogens is 1. The molecule has 0 radical (unpaired) electrons. The Morgan fingerprint density at radius 2 is 2.21 bits per heavy atom. The summed E-state index contributed by atoms with van der Waals surface area (Å²) in [6, 6.07) is 8.57. The summed E-state index contributed by atoms with van der Waals surface area (Å²) in [5.74, 6) is 0.904. The van der Waals surface area contributed by atoms with E-state index in [4.69, 9.17) is 0 Å². The lowest BCUT2D eigenvalue weighted by molar-refractivity contribution is 0.753. The van der Waals surface area contributed by atoms with E-state index in [9.17, 15) is 0 Å². The van der Waals surface area contributed by atoms with Crippen LogP contribution < -0.4 is 5.32 Å². The molecule has 2 aromatic rings. The molecule has 14 heavy (non-hydrogen) atoms. The van der Waals surface area contributed by atoms with Gasteiger partial charge in [0.15, 0.2) is 0 Å². The Morgan fingerprint density at radius 1 is 1.29 bits per heavy atom. The zero-order valence-corrected chi connectivity index (χ0v) is 7.57. The number of nitrogens with one attached hydrogen (secondary N) is 2. The van der Waals surface area contributed by atoms with E-state index < -0.39 is 0 Å². The van der Waals surface area contributed by atoms with Crippen molar-refractivity contribution in [2.75, 3.05) is 5.32 Å². The van der Waals surface area contributed by atoms with E-state index in [2.05, 4.69) is 38.7 Å². The average Bonchev–Trinajstić information content (AvgIpc) is 2.86. The topological polar surface area (TPSA) is 53.6 Å². The summed E-state index contributed by atoms with van der Waals surface area (Å²) in [5.41, 5.74) is 2.54. The van der Waals surface area contributed by atoms with Gasteiger partial charge in [-0.3, -0.25) is 5.10 Å². The van der Waals surface area contributed by atoms with Gasteiger partial charge in [0.1, 0.15) is 12.2 Å². The highest BCUT2D eigenvalue weighted by atomic mass is 15.2. The first-order valence-electron chi connectivity index (χ1n) is 4.63. The molecule has 2 heterocycles. The Kier molecular flexibility index (Phi) is 1.53. The molecule has 2 N–H and O–H groups in total. The number of rotatable bonds is 1. The Hall–Kier alpha value is -1.84. The van der Waals surface area contributed by atoms with Gasteiger partial charge in [-0.2, -0.15) is 5.10 Å². The molecule has 1 aliphatic rings. The van der Waals surface area contributed by atoms with E-state index >= 15 is 0 Å². The molecule has 4 nitrogen and oxygen atoms in total. The predicted octanol–water partition coefficient (Wildman–Crippen LogP) is 1.51. The Labute approximate surface area is 81.4 Å². The molecule has 0 bridgehead atoms. The van der Waals surface area contributed by atoms with E-state index in [1.54, 1.807) is 6.33 Å². The molecule has 1 atom stereocenters. The van der Waals surface area contributed by atoms with Crippen molar-refractivity contribution in [1.29, 1.82) is 0 Å². The van der Waals surface area contributed by atoms with E-state index in [0.29, 0.717) is 0 Å². The molecular formula is C10H10N4. The second-order valence-corrected chi connectivity index (χ2v) is 3.43. The highest BCUT2D eigenvalue weighted by molar-refractivity contribution is 5.57. The first kappa shape index (κ1) is 7.55. The summed E-state index contributed by atoms with van der Waals surface area (Å²) >= 11 is 0. The maximum Gasteiger partial charge on any atom is 0.147 e. The van der Waals surface area contributed by atoms with Crippen molar-refractivity contribution in [3.8, 4) is 0 Å². The minimum absolute atomic E-state index is 0.245. The van der Waals surface area contributed by atoms with Gasteiger partial charge in [0.2, 0.25) is 0 Å². The molecule has 0 amide bonds. The van der Waals surface area contributed by atoms with Gasteiger partial charge < -0.3 is 5.32 Å². The maximum absolute atomic E-state index is 4.15. The first-order valence-corrected chi connectivity index (χ1v) is 4.63. The number of benzene rings is 1. The van der Waals surface area contributed by atoms with Crippen LogP contribution in [0.3, 0.4) is 0 Å². The number of nitrogens with zero attached hydrogens (tertiary/aromatic N) is 2. The number of anilines is 1. The third-order valence-electron chi connectivity index (χ3n) is 2.53. The minimum Gasteiger partial charge on any atom is -0.375 e. The standard InChI is InChI=1S/C10H10N4/c1-2-4-8-7(3-1)5-9(13-8)10-11-6-12-14-10/h1-4,6,9,13H,5H2,(H,11,12,14)/t9-/m0/s1. The van der Waals surface area contributed by atoms with Crippen molar-refractivity contribution in [3.05, 3.63) is 42.0 Å². The summed E-state index contributed by atoms with van der Waals surface area (Å²) in [7, 11) is 0. The smallest absolute Gasteiger partial charge is 0.147 e. The second-order valence-electron chi connectivity index (χ2n) is 3.43. The average molecular weight is 186 g/mol. The Balaban J connectivity index is 1.92. The van der Waals surface area contributed by atoms with Crippen LogP contribution in [-0.2, 0) is 6.42 Å². The zero-order chi connectivity index (χ0) is 9.38. The third kappa shape index (κ3) is 1.08. The Bertz CT molecular complexity index is 410. The maximum atomic E-state index is 4.15. The predicted molar refractivity (Wildman–Crippen MR) is 52.9 cm³/mol. The lowest BCUT2D eigenvalue weighted by Gasteiger charge is -2.05. The number of para-hydroxylation sites is 1. The van der Waals surface area contributed by atoms with Crippen LogP contribution in [0.4, 0.5) is 5.69 Å². The molecule has 3 rings (SSSR count). The van der Waals surface area contributed by atoms with Crippen molar-refractivity contribution in [2.24, 2.45) is 0 Å². The molecule has 1 aliphatic heterocycles. The summed E-state index contributed by atoms with van der Waals surface area (Å²) in [4.78, 5) is 4.15. The lowest BCUT2D eigenvalue weighted by Crippen LogP contribution is -2.07. The second kappa shape index (κ2) is 2.83. The van der Waals surface area contributed by atoms with Crippen molar-refractivity contribution < 1.29 is 0 Å². The molecular weight excluding hydrogens is 176 g/mol. The van der Waals surface area contributed by atoms with Gasteiger partial charge in [-0.15, -0.1) is 0 Å². The highest BCUT2D eigenvalue weighted by Gasteiger charge is 2.23. The minimum atomic E-state index is 0.245. The molecule has 70 valence electrons. The molecule has 0 fully saturated rings. The molecule has 4 heteroatoms. The van der Waals surface area contributed by atoms with Gasteiger partial charge in [-0.25, -0.2) is 4.98 Å². The summed E-state index contributed by atoms with van der Waals surface area (Å²) in [6.07, 6.45) is 2.52. The molecule has 0 aliphatic carbocycles. The fourth-order valence-corrected chi connectivity index (χ4v) is 1.85. The monoisotopic (exact) mass is 186 g/mol. The quantitative estimate of drug-likeness (QED) is 0.709. The van der Waals surface area contributed by atoms with Crippen LogP contribution in [0, 0.1) is 0 Å². The fourth-order valence-electron chi connectivity index (χ4n) is 1.85. The lowest BCUT2D eigenvalue weighted by atomic mass is 10.1. The number of fused-ring (bicyclic) bond motifs is 1. The molecule has 0 spiro atoms. The van der Waals surface area contributed by atoms with Crippen molar-refractivity contribution >= 4 is 5.69 Å². The zero-order valence-electron chi connectivity index (χ0n) is 7.57. The molecule has 1 aromatic heterocycles. The van der Waals surface area contributed by atoms with Crippen LogP contribution in [0.25, 0.3) is 0 Å². The normalized spacial score (nSPS) is 19.0. The van der Waals surface area contributed by atoms with Crippen molar-refractivity contribution in [2.45, 2.75) is 12.5 Å². The fraction of sp³-hybridized carbons (Fsp3) is 0.200. The number of aromatic amines is 1. The van der Waals surface area contributed by atoms with Crippen LogP contribution in [0.15, 0.2) is 30.6 Å². The van der Waals surface area contributed by atoms with Crippen LogP contribution in [0.1, 0.15) is 17.4 Å². The van der Waals surface area contributed by atoms with E-state index in [1.165, 1.54) is 11.3 Å². The van der Waals surface area contributed by atoms with Crippen molar-refractivity contribution in [1.82, 2.24) is 15.2 Å². The van der Waals surface area contributed by atoms with E-state index in [0.717, 1.165) is 12.2 Å². The highest BCUT2D eigenvalue weighted by Crippen LogP contribution is 2.31. The van der Waals surface area contributed by atoms with Crippen LogP contribution in [0.5, 0.6) is 0 Å². The van der Waals surface area contributed by atoms with Gasteiger partial charge in [0.25, 0.3) is 0 Å². The summed E-state index contributed by atoms with van der Waals surface area (Å²) in [6.45, 7) is 0. The van der Waals surface area contributed by atoms with E-state index in [-0.39, 0.29) is 6.04 Å². The van der Waals surface area contributed by atoms with Gasteiger partial charge in [-0.05, 0) is 11.6 Å². The molecule has 0 saturated carbocycles. The third-order valence-corrected chi connectivity index (χ3v) is 2.53. The first-order chi connectivity index (χ1) is 6.93. The number of aromatic nitrogens is 3. The van der Waals surface area contributed by atoms with Gasteiger partial charge in [0.05, 0.1) is 6.04 Å². The molecule has 1 aromatic carbocycles. The summed E-state index contributed by atoms with van der Waals surface area (Å²) < 4.78 is 0. The number of hydrogen-bond donors (Lipinski definition) is 2. The SMILES string of the molecule is c1ccc2c(c1)C[C@@H](c1ncn[nH]1)N2. The van der Waals surface area contributed by atoms with Crippen molar-refractivity contribution in [3.63, 3.8) is 0 Å². The van der Waals surface area contributed by atoms with Crippen LogP contribution in [0.2, 0.25) is 0 Å². The molecule has 0 saturated heterocycles. The summed E-state index contributed by atoms with van der Waals surface area (Å²) in [5, 5.41) is 10.1. The largest absolute Gasteiger partial charge is 0.375 e. The van der Waals surface area contributed by atoms with Gasteiger partial charge >= 0.3 is 0 Å². The molecule has 0 unspecified atom stereocenters. The Morgan fingerprint density at radius 3 is 3.00 bits per heavy atom. The van der Waals surface area contributed by atoms with E-state index in [1.807, 2.05) is 6.07 Å². The van der Waals surface area contributed by atoms with Crippen LogP contribution in [-0.4, -0.2) is 15.2 Å². The van der Waals surface area contributed by atoms with Crippen LogP contribution >= 0.6 is 0 Å².